The van der Waals surface area contributed by atoms with Crippen LogP contribution in [0.4, 0.5) is 18.9 Å². The number of ether oxygens (including phenoxy) is 3. The lowest BCUT2D eigenvalue weighted by Gasteiger charge is -2.12. The van der Waals surface area contributed by atoms with Crippen molar-refractivity contribution in [2.24, 2.45) is 0 Å². The number of halogens is 3. The maximum Gasteiger partial charge on any atom is 0.573 e. The molecule has 1 N–H and O–H groups in total. The summed E-state index contributed by atoms with van der Waals surface area (Å²) in [4.78, 5) is 12.2. The summed E-state index contributed by atoms with van der Waals surface area (Å²) in [5.41, 5.74) is 0.753. The number of hydrogen-bond donors (Lipinski definition) is 1. The highest BCUT2D eigenvalue weighted by Gasteiger charge is 2.30. The molecular formula is C19H18F3NO4. The van der Waals surface area contributed by atoms with E-state index in [1.807, 2.05) is 0 Å². The molecule has 5 nitrogen and oxygen atoms in total. The molecule has 1 aliphatic heterocycles. The number of amides is 1. The van der Waals surface area contributed by atoms with Gasteiger partial charge in [0.15, 0.2) is 0 Å². The summed E-state index contributed by atoms with van der Waals surface area (Å²) in [5.74, 6) is -0.103. The molecule has 0 aliphatic carbocycles. The van der Waals surface area contributed by atoms with Crippen LogP contribution in [0.2, 0.25) is 0 Å². The molecular weight excluding hydrogens is 363 g/mol. The van der Waals surface area contributed by atoms with Crippen molar-refractivity contribution in [2.75, 3.05) is 18.5 Å². The van der Waals surface area contributed by atoms with Gasteiger partial charge in [0.2, 0.25) is 0 Å². The highest BCUT2D eigenvalue weighted by atomic mass is 19.4. The highest BCUT2D eigenvalue weighted by molar-refractivity contribution is 6.04. The summed E-state index contributed by atoms with van der Waals surface area (Å²) < 4.78 is 51.3. The summed E-state index contributed by atoms with van der Waals surface area (Å²) in [5, 5.41) is 2.61. The number of benzene rings is 2. The van der Waals surface area contributed by atoms with E-state index in [-0.39, 0.29) is 17.8 Å². The molecule has 3 rings (SSSR count). The zero-order valence-corrected chi connectivity index (χ0v) is 14.3. The van der Waals surface area contributed by atoms with E-state index in [0.29, 0.717) is 23.6 Å². The van der Waals surface area contributed by atoms with Crippen LogP contribution in [-0.2, 0) is 4.74 Å². The van der Waals surface area contributed by atoms with Crippen LogP contribution in [0.3, 0.4) is 0 Å². The van der Waals surface area contributed by atoms with Crippen LogP contribution in [0.5, 0.6) is 11.5 Å². The number of carbonyl (C=O) groups is 1. The zero-order valence-electron chi connectivity index (χ0n) is 14.3. The van der Waals surface area contributed by atoms with Gasteiger partial charge in [-0.2, -0.15) is 0 Å². The van der Waals surface area contributed by atoms with Crippen LogP contribution in [0.15, 0.2) is 48.5 Å². The third-order valence-electron chi connectivity index (χ3n) is 3.92. The fourth-order valence-corrected chi connectivity index (χ4v) is 2.61. The van der Waals surface area contributed by atoms with E-state index < -0.39 is 6.36 Å². The van der Waals surface area contributed by atoms with Crippen LogP contribution in [-0.4, -0.2) is 31.6 Å². The van der Waals surface area contributed by atoms with Gasteiger partial charge in [-0.05, 0) is 61.4 Å². The average Bonchev–Trinajstić information content (AvgIpc) is 3.14. The van der Waals surface area contributed by atoms with Crippen molar-refractivity contribution in [3.8, 4) is 11.5 Å². The fraction of sp³-hybridized carbons (Fsp3) is 0.316. The largest absolute Gasteiger partial charge is 0.573 e. The minimum absolute atomic E-state index is 0.109. The predicted molar refractivity (Wildman–Crippen MR) is 92.0 cm³/mol. The molecule has 1 heterocycles. The molecule has 1 atom stereocenters. The van der Waals surface area contributed by atoms with Gasteiger partial charge < -0.3 is 19.5 Å². The van der Waals surface area contributed by atoms with Gasteiger partial charge in [-0.3, -0.25) is 4.79 Å². The SMILES string of the molecule is O=C(Nc1ccc(OC(F)(F)F)cc1)c1ccc(OC[C@H]2CCCO2)cc1. The second kappa shape index (κ2) is 8.30. The first-order chi connectivity index (χ1) is 12.9. The van der Waals surface area contributed by atoms with Crippen LogP contribution < -0.4 is 14.8 Å². The topological polar surface area (TPSA) is 56.8 Å². The Bertz CT molecular complexity index is 754. The summed E-state index contributed by atoms with van der Waals surface area (Å²) in [6, 6.07) is 11.5. The number of alkyl halides is 3. The van der Waals surface area contributed by atoms with Crippen molar-refractivity contribution in [2.45, 2.75) is 25.3 Å². The van der Waals surface area contributed by atoms with Gasteiger partial charge in [0.25, 0.3) is 5.91 Å². The van der Waals surface area contributed by atoms with Gasteiger partial charge in [0, 0.05) is 17.9 Å². The number of anilines is 1. The summed E-state index contributed by atoms with van der Waals surface area (Å²) in [7, 11) is 0. The highest BCUT2D eigenvalue weighted by Crippen LogP contribution is 2.24. The molecule has 2 aromatic rings. The number of carbonyl (C=O) groups excluding carboxylic acids is 1. The molecule has 0 aromatic heterocycles. The Labute approximate surface area is 154 Å². The average molecular weight is 381 g/mol. The standard InChI is InChI=1S/C19H18F3NO4/c20-19(21,22)27-16-9-5-14(6-10-16)23-18(24)13-3-7-15(8-4-13)26-12-17-2-1-11-25-17/h3-10,17H,1-2,11-12H2,(H,23,24)/t17-/m1/s1. The van der Waals surface area contributed by atoms with Crippen molar-refractivity contribution < 1.29 is 32.2 Å². The van der Waals surface area contributed by atoms with E-state index in [4.69, 9.17) is 9.47 Å². The maximum atomic E-state index is 12.2. The smallest absolute Gasteiger partial charge is 0.491 e. The lowest BCUT2D eigenvalue weighted by molar-refractivity contribution is -0.274. The van der Waals surface area contributed by atoms with Crippen molar-refractivity contribution in [3.05, 3.63) is 54.1 Å². The summed E-state index contributed by atoms with van der Waals surface area (Å²) >= 11 is 0. The van der Waals surface area contributed by atoms with Crippen LogP contribution >= 0.6 is 0 Å². The molecule has 1 amide bonds. The molecule has 8 heteroatoms. The van der Waals surface area contributed by atoms with Crippen LogP contribution in [0.1, 0.15) is 23.2 Å². The Morgan fingerprint density at radius 2 is 1.74 bits per heavy atom. The first-order valence-corrected chi connectivity index (χ1v) is 8.41. The van der Waals surface area contributed by atoms with E-state index in [1.165, 1.54) is 12.1 Å². The normalized spacial score (nSPS) is 16.8. The van der Waals surface area contributed by atoms with Crippen LogP contribution in [0, 0.1) is 0 Å². The molecule has 0 unspecified atom stereocenters. The third kappa shape index (κ3) is 5.89. The third-order valence-corrected chi connectivity index (χ3v) is 3.92. The van der Waals surface area contributed by atoms with Crippen molar-refractivity contribution >= 4 is 11.6 Å². The van der Waals surface area contributed by atoms with Crippen molar-refractivity contribution in [3.63, 3.8) is 0 Å². The van der Waals surface area contributed by atoms with Crippen LogP contribution in [0.25, 0.3) is 0 Å². The zero-order chi connectivity index (χ0) is 19.3. The molecule has 1 fully saturated rings. The minimum atomic E-state index is -4.75. The molecule has 27 heavy (non-hydrogen) atoms. The summed E-state index contributed by atoms with van der Waals surface area (Å²) in [6.45, 7) is 1.23. The number of nitrogens with one attached hydrogen (secondary N) is 1. The predicted octanol–water partition coefficient (Wildman–Crippen LogP) is 4.40. The maximum absolute atomic E-state index is 12.2. The van der Waals surface area contributed by atoms with E-state index in [2.05, 4.69) is 10.1 Å². The van der Waals surface area contributed by atoms with Gasteiger partial charge in [0.05, 0.1) is 6.10 Å². The molecule has 2 aromatic carbocycles. The van der Waals surface area contributed by atoms with E-state index in [1.54, 1.807) is 24.3 Å². The Kier molecular flexibility index (Phi) is 5.85. The number of rotatable bonds is 6. The molecule has 0 saturated carbocycles. The quantitative estimate of drug-likeness (QED) is 0.806. The lowest BCUT2D eigenvalue weighted by Crippen LogP contribution is -2.17. The molecule has 1 saturated heterocycles. The Hall–Kier alpha value is -2.74. The Morgan fingerprint density at radius 3 is 2.33 bits per heavy atom. The second-order valence-electron chi connectivity index (χ2n) is 6.00. The number of hydrogen-bond acceptors (Lipinski definition) is 4. The van der Waals surface area contributed by atoms with Gasteiger partial charge >= 0.3 is 6.36 Å². The molecule has 0 radical (unpaired) electrons. The second-order valence-corrected chi connectivity index (χ2v) is 6.00. The first kappa shape index (κ1) is 19.0. The van der Waals surface area contributed by atoms with E-state index in [0.717, 1.165) is 31.6 Å². The monoisotopic (exact) mass is 381 g/mol. The summed E-state index contributed by atoms with van der Waals surface area (Å²) in [6.07, 6.45) is -2.63. The van der Waals surface area contributed by atoms with Gasteiger partial charge in [-0.1, -0.05) is 0 Å². The first-order valence-electron chi connectivity index (χ1n) is 8.41. The Balaban J connectivity index is 1.52. The van der Waals surface area contributed by atoms with E-state index in [9.17, 15) is 18.0 Å². The molecule has 0 spiro atoms. The van der Waals surface area contributed by atoms with Gasteiger partial charge in [-0.15, -0.1) is 13.2 Å². The molecule has 1 aliphatic rings. The van der Waals surface area contributed by atoms with E-state index >= 15 is 0 Å². The molecule has 144 valence electrons. The lowest BCUT2D eigenvalue weighted by atomic mass is 10.2. The molecule has 0 bridgehead atoms. The van der Waals surface area contributed by atoms with Gasteiger partial charge in [0.1, 0.15) is 18.1 Å². The fourth-order valence-electron chi connectivity index (χ4n) is 2.61. The van der Waals surface area contributed by atoms with Crippen molar-refractivity contribution in [1.29, 1.82) is 0 Å². The Morgan fingerprint density at radius 1 is 1.07 bits per heavy atom. The van der Waals surface area contributed by atoms with Gasteiger partial charge in [-0.25, -0.2) is 0 Å². The van der Waals surface area contributed by atoms with Crippen molar-refractivity contribution in [1.82, 2.24) is 0 Å². The minimum Gasteiger partial charge on any atom is -0.491 e.